The molecule has 0 spiro atoms. The largest absolute Gasteiger partial charge is 0.378 e. The zero-order valence-corrected chi connectivity index (χ0v) is 8.36. The number of aromatic amines is 1. The number of aromatic nitrogens is 2. The molecule has 72 valence electrons. The van der Waals surface area contributed by atoms with E-state index in [9.17, 15) is 0 Å². The fourth-order valence-electron chi connectivity index (χ4n) is 1.36. The summed E-state index contributed by atoms with van der Waals surface area (Å²) in [6, 6.07) is 10.3. The normalized spacial score (nSPS) is 10.1. The Balaban J connectivity index is 2.31. The van der Waals surface area contributed by atoms with Gasteiger partial charge < -0.3 is 4.90 Å². The molecule has 0 radical (unpaired) electrons. The molecule has 14 heavy (non-hydrogen) atoms. The van der Waals surface area contributed by atoms with E-state index in [0.29, 0.717) is 0 Å². The summed E-state index contributed by atoms with van der Waals surface area (Å²) in [7, 11) is 4.07. The maximum Gasteiger partial charge on any atom is 0.0650 e. The Morgan fingerprint density at radius 2 is 1.79 bits per heavy atom. The van der Waals surface area contributed by atoms with Crippen LogP contribution in [0, 0.1) is 0 Å². The van der Waals surface area contributed by atoms with Crippen molar-refractivity contribution in [3.05, 3.63) is 36.5 Å². The second-order valence-electron chi connectivity index (χ2n) is 3.41. The van der Waals surface area contributed by atoms with E-state index < -0.39 is 0 Å². The van der Waals surface area contributed by atoms with E-state index in [4.69, 9.17) is 0 Å². The summed E-state index contributed by atoms with van der Waals surface area (Å²) in [5, 5.41) is 6.86. The van der Waals surface area contributed by atoms with Crippen LogP contribution in [0.4, 0.5) is 5.69 Å². The summed E-state index contributed by atoms with van der Waals surface area (Å²) in [4.78, 5) is 2.08. The highest BCUT2D eigenvalue weighted by Gasteiger charge is 1.99. The number of nitrogens with one attached hydrogen (secondary N) is 1. The van der Waals surface area contributed by atoms with Crippen LogP contribution in [0.1, 0.15) is 0 Å². The molecule has 3 heteroatoms. The molecule has 0 aliphatic heterocycles. The quantitative estimate of drug-likeness (QED) is 0.781. The SMILES string of the molecule is CN(C)c1ccc(-c2ccn[nH]2)cc1. The Hall–Kier alpha value is -1.77. The maximum absolute atomic E-state index is 3.92. The van der Waals surface area contributed by atoms with Gasteiger partial charge in [-0.05, 0) is 23.8 Å². The fourth-order valence-corrected chi connectivity index (χ4v) is 1.36. The van der Waals surface area contributed by atoms with Gasteiger partial charge in [0, 0.05) is 26.0 Å². The molecule has 0 amide bonds. The van der Waals surface area contributed by atoms with E-state index in [1.807, 2.05) is 20.2 Å². The van der Waals surface area contributed by atoms with Crippen LogP contribution < -0.4 is 4.90 Å². The van der Waals surface area contributed by atoms with Crippen molar-refractivity contribution in [2.45, 2.75) is 0 Å². The van der Waals surface area contributed by atoms with Gasteiger partial charge in [0.15, 0.2) is 0 Å². The third kappa shape index (κ3) is 1.62. The van der Waals surface area contributed by atoms with E-state index in [-0.39, 0.29) is 0 Å². The lowest BCUT2D eigenvalue weighted by Gasteiger charge is -2.12. The standard InChI is InChI=1S/C11H13N3/c1-14(2)10-5-3-9(4-6-10)11-7-8-12-13-11/h3-8H,1-2H3,(H,12,13). The Kier molecular flexibility index (Phi) is 2.23. The lowest BCUT2D eigenvalue weighted by Crippen LogP contribution is -2.07. The van der Waals surface area contributed by atoms with Gasteiger partial charge in [0.25, 0.3) is 0 Å². The first kappa shape index (κ1) is 8.81. The smallest absolute Gasteiger partial charge is 0.0650 e. The summed E-state index contributed by atoms with van der Waals surface area (Å²) < 4.78 is 0. The number of benzene rings is 1. The molecule has 1 heterocycles. The third-order valence-electron chi connectivity index (χ3n) is 2.20. The lowest BCUT2D eigenvalue weighted by molar-refractivity contribution is 1.09. The molecule has 0 saturated heterocycles. The van der Waals surface area contributed by atoms with Crippen molar-refractivity contribution in [2.75, 3.05) is 19.0 Å². The monoisotopic (exact) mass is 187 g/mol. The van der Waals surface area contributed by atoms with Crippen molar-refractivity contribution in [1.29, 1.82) is 0 Å². The Labute approximate surface area is 83.4 Å². The number of nitrogens with zero attached hydrogens (tertiary/aromatic N) is 2. The number of hydrogen-bond donors (Lipinski definition) is 1. The van der Waals surface area contributed by atoms with Crippen molar-refractivity contribution >= 4 is 5.69 Å². The molecular weight excluding hydrogens is 174 g/mol. The molecular formula is C11H13N3. The molecule has 1 aromatic carbocycles. The van der Waals surface area contributed by atoms with Gasteiger partial charge in [-0.15, -0.1) is 0 Å². The van der Waals surface area contributed by atoms with Crippen LogP contribution in [-0.4, -0.2) is 24.3 Å². The third-order valence-corrected chi connectivity index (χ3v) is 2.20. The zero-order chi connectivity index (χ0) is 9.97. The molecule has 1 aromatic heterocycles. The van der Waals surface area contributed by atoms with Gasteiger partial charge in [-0.2, -0.15) is 5.10 Å². The minimum atomic E-state index is 1.05. The number of hydrogen-bond acceptors (Lipinski definition) is 2. The molecule has 3 nitrogen and oxygen atoms in total. The summed E-state index contributed by atoms with van der Waals surface area (Å²) in [5.41, 5.74) is 3.41. The second-order valence-corrected chi connectivity index (χ2v) is 3.41. The van der Waals surface area contributed by atoms with E-state index in [2.05, 4.69) is 39.4 Å². The molecule has 1 N–H and O–H groups in total. The van der Waals surface area contributed by atoms with Gasteiger partial charge in [0.1, 0.15) is 0 Å². The predicted molar refractivity (Wildman–Crippen MR) is 58.4 cm³/mol. The van der Waals surface area contributed by atoms with Crippen LogP contribution in [0.2, 0.25) is 0 Å². The van der Waals surface area contributed by atoms with Gasteiger partial charge >= 0.3 is 0 Å². The molecule has 0 saturated carbocycles. The first-order chi connectivity index (χ1) is 6.77. The van der Waals surface area contributed by atoms with Crippen molar-refractivity contribution < 1.29 is 0 Å². The van der Waals surface area contributed by atoms with Crippen molar-refractivity contribution in [3.63, 3.8) is 0 Å². The van der Waals surface area contributed by atoms with E-state index in [1.165, 1.54) is 5.69 Å². The van der Waals surface area contributed by atoms with Crippen LogP contribution in [-0.2, 0) is 0 Å². The van der Waals surface area contributed by atoms with Crippen LogP contribution in [0.3, 0.4) is 0 Å². The lowest BCUT2D eigenvalue weighted by atomic mass is 10.1. The Morgan fingerprint density at radius 3 is 2.29 bits per heavy atom. The number of anilines is 1. The maximum atomic E-state index is 3.92. The molecule has 0 atom stereocenters. The average molecular weight is 187 g/mol. The van der Waals surface area contributed by atoms with Gasteiger partial charge in [-0.25, -0.2) is 0 Å². The first-order valence-corrected chi connectivity index (χ1v) is 4.54. The van der Waals surface area contributed by atoms with Gasteiger partial charge in [-0.1, -0.05) is 12.1 Å². The minimum Gasteiger partial charge on any atom is -0.378 e. The van der Waals surface area contributed by atoms with Crippen LogP contribution >= 0.6 is 0 Å². The van der Waals surface area contributed by atoms with Crippen molar-refractivity contribution in [1.82, 2.24) is 10.2 Å². The number of H-pyrrole nitrogens is 1. The van der Waals surface area contributed by atoms with Crippen LogP contribution in [0.5, 0.6) is 0 Å². The number of rotatable bonds is 2. The highest BCUT2D eigenvalue weighted by atomic mass is 15.1. The molecule has 0 unspecified atom stereocenters. The Morgan fingerprint density at radius 1 is 1.07 bits per heavy atom. The Bertz CT molecular complexity index is 387. The van der Waals surface area contributed by atoms with E-state index >= 15 is 0 Å². The topological polar surface area (TPSA) is 31.9 Å². The van der Waals surface area contributed by atoms with Gasteiger partial charge in [-0.3, -0.25) is 5.10 Å². The van der Waals surface area contributed by atoms with Crippen molar-refractivity contribution in [2.24, 2.45) is 0 Å². The average Bonchev–Trinajstić information content (AvgIpc) is 2.71. The summed E-state index contributed by atoms with van der Waals surface area (Å²) in [6.07, 6.45) is 1.76. The predicted octanol–water partition coefficient (Wildman–Crippen LogP) is 2.14. The van der Waals surface area contributed by atoms with Crippen LogP contribution in [0.15, 0.2) is 36.5 Å². The van der Waals surface area contributed by atoms with Crippen molar-refractivity contribution in [3.8, 4) is 11.3 Å². The summed E-state index contributed by atoms with van der Waals surface area (Å²) in [5.74, 6) is 0. The van der Waals surface area contributed by atoms with Gasteiger partial charge in [0.2, 0.25) is 0 Å². The zero-order valence-electron chi connectivity index (χ0n) is 8.36. The van der Waals surface area contributed by atoms with Gasteiger partial charge in [0.05, 0.1) is 5.69 Å². The summed E-state index contributed by atoms with van der Waals surface area (Å²) >= 11 is 0. The van der Waals surface area contributed by atoms with Crippen LogP contribution in [0.25, 0.3) is 11.3 Å². The molecule has 0 bridgehead atoms. The fraction of sp³-hybridized carbons (Fsp3) is 0.182. The van der Waals surface area contributed by atoms with E-state index in [0.717, 1.165) is 11.3 Å². The second kappa shape index (κ2) is 3.54. The molecule has 0 aliphatic rings. The highest BCUT2D eigenvalue weighted by Crippen LogP contribution is 2.19. The highest BCUT2D eigenvalue weighted by molar-refractivity contribution is 5.62. The molecule has 0 aliphatic carbocycles. The molecule has 0 fully saturated rings. The molecule has 2 rings (SSSR count). The minimum absolute atomic E-state index is 1.05. The van der Waals surface area contributed by atoms with E-state index in [1.54, 1.807) is 6.20 Å². The first-order valence-electron chi connectivity index (χ1n) is 4.54. The summed E-state index contributed by atoms with van der Waals surface area (Å²) in [6.45, 7) is 0. The molecule has 2 aromatic rings.